The van der Waals surface area contributed by atoms with Crippen molar-refractivity contribution in [2.75, 3.05) is 31.1 Å². The Morgan fingerprint density at radius 1 is 1.03 bits per heavy atom. The molecule has 4 aromatic rings. The summed E-state index contributed by atoms with van der Waals surface area (Å²) in [7, 11) is 0. The van der Waals surface area contributed by atoms with Gasteiger partial charge in [-0.1, -0.05) is 30.8 Å². The molecule has 2 aromatic carbocycles. The number of phenols is 1. The van der Waals surface area contributed by atoms with Crippen molar-refractivity contribution >= 4 is 33.1 Å². The van der Waals surface area contributed by atoms with Crippen LogP contribution in [-0.4, -0.2) is 52.1 Å². The topological polar surface area (TPSA) is 78.8 Å². The Balaban J connectivity index is 1.61. The van der Waals surface area contributed by atoms with E-state index in [1.807, 2.05) is 4.90 Å². The highest BCUT2D eigenvalue weighted by Crippen LogP contribution is 2.40. The zero-order valence-corrected chi connectivity index (χ0v) is 19.0. The van der Waals surface area contributed by atoms with Gasteiger partial charge in [0.15, 0.2) is 0 Å². The average Bonchev–Trinajstić information content (AvgIpc) is 2.87. The number of aromatic hydroxyl groups is 1. The second-order valence-corrected chi connectivity index (χ2v) is 8.35. The predicted molar refractivity (Wildman–Crippen MR) is 129 cm³/mol. The van der Waals surface area contributed by atoms with Crippen LogP contribution in [0.2, 0.25) is 0 Å². The van der Waals surface area contributed by atoms with Crippen molar-refractivity contribution in [3.05, 3.63) is 73.2 Å². The van der Waals surface area contributed by atoms with E-state index in [4.69, 9.17) is 4.74 Å². The molecule has 184 valence electrons. The molecular formula is C26H21F3N4O3. The molecular weight excluding hydrogens is 473 g/mol. The van der Waals surface area contributed by atoms with Crippen molar-refractivity contribution in [3.63, 3.8) is 0 Å². The zero-order chi connectivity index (χ0) is 25.4. The lowest BCUT2D eigenvalue weighted by Crippen LogP contribution is -2.48. The summed E-state index contributed by atoms with van der Waals surface area (Å²) in [5.74, 6) is -0.389. The fraction of sp³-hybridized carbons (Fsp3) is 0.192. The zero-order valence-electron chi connectivity index (χ0n) is 19.0. The first-order valence-corrected chi connectivity index (χ1v) is 11.2. The van der Waals surface area contributed by atoms with Crippen LogP contribution in [0.25, 0.3) is 21.5 Å². The third-order valence-electron chi connectivity index (χ3n) is 6.11. The Hall–Kier alpha value is -4.34. The molecule has 36 heavy (non-hydrogen) atoms. The van der Waals surface area contributed by atoms with Crippen LogP contribution in [0.5, 0.6) is 17.4 Å². The average molecular weight is 494 g/mol. The number of nitrogens with zero attached hydrogens (tertiary/aromatic N) is 4. The highest BCUT2D eigenvalue weighted by Gasteiger charge is 2.35. The molecule has 1 N–H and O–H groups in total. The minimum absolute atomic E-state index is 0.0919. The highest BCUT2D eigenvalue weighted by molar-refractivity contribution is 5.97. The summed E-state index contributed by atoms with van der Waals surface area (Å²) < 4.78 is 47.5. The second-order valence-electron chi connectivity index (χ2n) is 8.35. The first-order chi connectivity index (χ1) is 17.2. The van der Waals surface area contributed by atoms with Crippen molar-refractivity contribution < 1.29 is 27.8 Å². The summed E-state index contributed by atoms with van der Waals surface area (Å²) in [6, 6.07) is 10.9. The van der Waals surface area contributed by atoms with Crippen LogP contribution in [-0.2, 0) is 11.0 Å². The summed E-state index contributed by atoms with van der Waals surface area (Å²) in [5, 5.41) is 12.0. The molecule has 10 heteroatoms. The smallest absolute Gasteiger partial charge is 0.433 e. The standard InChI is InChI=1S/C26H21F3N4O3/c1-2-24(35)33-9-7-32(8-10-33)21-15-30-14-20-19(21)13-23(26(27,28)29)31-25(20)36-22-12-17(34)11-16-5-3-4-6-18(16)22/h2-6,11-15,34H,1,7-10H2. The van der Waals surface area contributed by atoms with Gasteiger partial charge >= 0.3 is 6.18 Å². The summed E-state index contributed by atoms with van der Waals surface area (Å²) in [6.45, 7) is 5.13. The molecule has 0 atom stereocenters. The highest BCUT2D eigenvalue weighted by atomic mass is 19.4. The van der Waals surface area contributed by atoms with Crippen molar-refractivity contribution in [1.82, 2.24) is 14.9 Å². The van der Waals surface area contributed by atoms with Gasteiger partial charge in [0, 0.05) is 49.2 Å². The molecule has 0 radical (unpaired) electrons. The van der Waals surface area contributed by atoms with Gasteiger partial charge in [0.1, 0.15) is 17.2 Å². The van der Waals surface area contributed by atoms with Crippen LogP contribution in [0.1, 0.15) is 5.69 Å². The van der Waals surface area contributed by atoms with Gasteiger partial charge in [0.05, 0.1) is 17.3 Å². The number of carbonyl (C=O) groups excluding carboxylic acids is 1. The monoisotopic (exact) mass is 494 g/mol. The summed E-state index contributed by atoms with van der Waals surface area (Å²) in [6.07, 6.45) is -0.571. The Kier molecular flexibility index (Phi) is 5.87. The fourth-order valence-corrected chi connectivity index (χ4v) is 4.34. The van der Waals surface area contributed by atoms with Gasteiger partial charge in [-0.25, -0.2) is 4.98 Å². The molecule has 2 aromatic heterocycles. The van der Waals surface area contributed by atoms with E-state index < -0.39 is 11.9 Å². The molecule has 1 saturated heterocycles. The van der Waals surface area contributed by atoms with Crippen molar-refractivity contribution in [1.29, 1.82) is 0 Å². The van der Waals surface area contributed by atoms with Gasteiger partial charge in [0.2, 0.25) is 11.8 Å². The number of benzene rings is 2. The number of piperazine rings is 1. The Labute approximate surface area is 204 Å². The number of hydrogen-bond acceptors (Lipinski definition) is 6. The molecule has 0 unspecified atom stereocenters. The van der Waals surface area contributed by atoms with E-state index in [0.29, 0.717) is 42.6 Å². The van der Waals surface area contributed by atoms with E-state index in [-0.39, 0.29) is 34.1 Å². The van der Waals surface area contributed by atoms with Gasteiger partial charge in [-0.3, -0.25) is 9.78 Å². The van der Waals surface area contributed by atoms with Crippen molar-refractivity contribution in [3.8, 4) is 17.4 Å². The molecule has 1 aliphatic heterocycles. The molecule has 0 spiro atoms. The molecule has 0 bridgehead atoms. The second kappa shape index (κ2) is 9.03. The van der Waals surface area contributed by atoms with Crippen LogP contribution < -0.4 is 9.64 Å². The van der Waals surface area contributed by atoms with Crippen LogP contribution in [0, 0.1) is 0 Å². The number of rotatable bonds is 4. The summed E-state index contributed by atoms with van der Waals surface area (Å²) >= 11 is 0. The molecule has 7 nitrogen and oxygen atoms in total. The lowest BCUT2D eigenvalue weighted by molar-refractivity contribution is -0.141. The molecule has 1 aliphatic rings. The van der Waals surface area contributed by atoms with Gasteiger partial charge < -0.3 is 19.6 Å². The summed E-state index contributed by atoms with van der Waals surface area (Å²) in [4.78, 5) is 23.5. The first-order valence-electron chi connectivity index (χ1n) is 11.2. The van der Waals surface area contributed by atoms with E-state index in [9.17, 15) is 23.1 Å². The number of aromatic nitrogens is 2. The largest absolute Gasteiger partial charge is 0.508 e. The molecule has 0 saturated carbocycles. The van der Waals surface area contributed by atoms with Crippen LogP contribution in [0.4, 0.5) is 18.9 Å². The van der Waals surface area contributed by atoms with E-state index in [2.05, 4.69) is 16.5 Å². The maximum absolute atomic E-state index is 13.9. The quantitative estimate of drug-likeness (QED) is 0.396. The number of ether oxygens (including phenoxy) is 1. The van der Waals surface area contributed by atoms with E-state index in [0.717, 1.165) is 6.07 Å². The van der Waals surface area contributed by atoms with Crippen LogP contribution >= 0.6 is 0 Å². The third-order valence-corrected chi connectivity index (χ3v) is 6.11. The van der Waals surface area contributed by atoms with E-state index >= 15 is 0 Å². The molecule has 3 heterocycles. The molecule has 1 amide bonds. The number of amides is 1. The normalized spacial score (nSPS) is 14.3. The number of pyridine rings is 2. The lowest BCUT2D eigenvalue weighted by Gasteiger charge is -2.36. The maximum Gasteiger partial charge on any atom is 0.433 e. The SMILES string of the molecule is C=CC(=O)N1CCN(c2cncc3c(Oc4cc(O)cc5ccccc45)nc(C(F)(F)F)cc23)CC1. The lowest BCUT2D eigenvalue weighted by atomic mass is 10.1. The molecule has 5 rings (SSSR count). The van der Waals surface area contributed by atoms with E-state index in [1.165, 1.54) is 30.6 Å². The minimum atomic E-state index is -4.72. The van der Waals surface area contributed by atoms with Gasteiger partial charge in [-0.05, 0) is 23.6 Å². The van der Waals surface area contributed by atoms with Crippen molar-refractivity contribution in [2.45, 2.75) is 6.18 Å². The van der Waals surface area contributed by atoms with Crippen LogP contribution in [0.15, 0.2) is 67.5 Å². The van der Waals surface area contributed by atoms with Crippen LogP contribution in [0.3, 0.4) is 0 Å². The number of halogens is 3. The maximum atomic E-state index is 13.9. The Morgan fingerprint density at radius 3 is 2.50 bits per heavy atom. The third kappa shape index (κ3) is 4.37. The van der Waals surface area contributed by atoms with Gasteiger partial charge in [-0.2, -0.15) is 13.2 Å². The number of hydrogen-bond donors (Lipinski definition) is 1. The number of fused-ring (bicyclic) bond motifs is 2. The van der Waals surface area contributed by atoms with E-state index in [1.54, 1.807) is 29.2 Å². The Morgan fingerprint density at radius 2 is 1.78 bits per heavy atom. The van der Waals surface area contributed by atoms with Crippen molar-refractivity contribution in [2.24, 2.45) is 0 Å². The van der Waals surface area contributed by atoms with Gasteiger partial charge in [-0.15, -0.1) is 0 Å². The molecule has 1 fully saturated rings. The number of carbonyl (C=O) groups is 1. The fourth-order valence-electron chi connectivity index (χ4n) is 4.34. The Bertz CT molecular complexity index is 1480. The molecule has 0 aliphatic carbocycles. The first kappa shape index (κ1) is 23.4. The number of anilines is 1. The minimum Gasteiger partial charge on any atom is -0.508 e. The summed E-state index contributed by atoms with van der Waals surface area (Å²) in [5.41, 5.74) is -0.626. The predicted octanol–water partition coefficient (Wildman–Crippen LogP) is 5.13. The number of alkyl halides is 3. The number of phenolic OH excluding ortho intramolecular Hbond substituents is 1. The van der Waals surface area contributed by atoms with Gasteiger partial charge in [0.25, 0.3) is 0 Å².